The van der Waals surface area contributed by atoms with E-state index in [1.165, 1.54) is 6.42 Å². The van der Waals surface area contributed by atoms with E-state index in [-0.39, 0.29) is 17.9 Å². The van der Waals surface area contributed by atoms with Crippen LogP contribution in [0.5, 0.6) is 0 Å². The summed E-state index contributed by atoms with van der Waals surface area (Å²) in [6.07, 6.45) is 8.56. The van der Waals surface area contributed by atoms with Crippen molar-refractivity contribution in [2.45, 2.75) is 38.1 Å². The van der Waals surface area contributed by atoms with Crippen LogP contribution in [0, 0.1) is 0 Å². The summed E-state index contributed by atoms with van der Waals surface area (Å²) in [5.74, 6) is 0.120. The second kappa shape index (κ2) is 9.07. The molecule has 1 N–H and O–H groups in total. The zero-order chi connectivity index (χ0) is 20.1. The van der Waals surface area contributed by atoms with Crippen LogP contribution in [0.25, 0.3) is 0 Å². The number of nitrogens with zero attached hydrogens (tertiary/aromatic N) is 3. The molecular weight excluding hydrogens is 364 g/mol. The smallest absolute Gasteiger partial charge is 0.255 e. The predicted molar refractivity (Wildman–Crippen MR) is 113 cm³/mol. The molecule has 2 saturated heterocycles. The van der Waals surface area contributed by atoms with Gasteiger partial charge in [0.1, 0.15) is 0 Å². The van der Waals surface area contributed by atoms with Crippen molar-refractivity contribution in [1.29, 1.82) is 0 Å². The van der Waals surface area contributed by atoms with Crippen LogP contribution in [-0.4, -0.2) is 58.8 Å². The molecule has 0 bridgehead atoms. The summed E-state index contributed by atoms with van der Waals surface area (Å²) in [6, 6.07) is 11.5. The van der Waals surface area contributed by atoms with Crippen molar-refractivity contribution in [2.75, 3.05) is 31.5 Å². The molecule has 3 heterocycles. The number of nitrogens with one attached hydrogen (secondary N) is 1. The molecule has 2 aliphatic rings. The van der Waals surface area contributed by atoms with Crippen molar-refractivity contribution in [1.82, 2.24) is 14.8 Å². The molecule has 1 atom stereocenters. The maximum Gasteiger partial charge on any atom is 0.255 e. The van der Waals surface area contributed by atoms with Gasteiger partial charge in [0.05, 0.1) is 11.1 Å². The Balaban J connectivity index is 1.45. The van der Waals surface area contributed by atoms with Crippen LogP contribution in [0.4, 0.5) is 5.69 Å². The van der Waals surface area contributed by atoms with E-state index in [0.29, 0.717) is 12.1 Å². The number of aromatic nitrogens is 1. The lowest BCUT2D eigenvalue weighted by molar-refractivity contribution is 0.0707. The van der Waals surface area contributed by atoms with Gasteiger partial charge in [-0.05, 0) is 56.4 Å². The molecule has 4 rings (SSSR count). The fourth-order valence-electron chi connectivity index (χ4n) is 4.23. The number of carbonyl (C=O) groups is 2. The Bertz CT molecular complexity index is 849. The molecule has 2 aliphatic heterocycles. The second-order valence-electron chi connectivity index (χ2n) is 7.87. The van der Waals surface area contributed by atoms with Gasteiger partial charge < -0.3 is 15.1 Å². The number of hydrogen-bond donors (Lipinski definition) is 1. The third kappa shape index (κ3) is 4.58. The van der Waals surface area contributed by atoms with Gasteiger partial charge in [-0.2, -0.15) is 0 Å². The van der Waals surface area contributed by atoms with Crippen LogP contribution < -0.4 is 5.32 Å². The summed E-state index contributed by atoms with van der Waals surface area (Å²) in [5, 5.41) is 3.55. The molecule has 152 valence electrons. The van der Waals surface area contributed by atoms with Crippen LogP contribution >= 0.6 is 0 Å². The Kier molecular flexibility index (Phi) is 6.08. The van der Waals surface area contributed by atoms with E-state index in [2.05, 4.69) is 10.3 Å². The maximum absolute atomic E-state index is 13.0. The Hall–Kier alpha value is -2.89. The number of benzene rings is 1. The van der Waals surface area contributed by atoms with Crippen LogP contribution in [0.1, 0.15) is 52.8 Å². The Labute approximate surface area is 171 Å². The van der Waals surface area contributed by atoms with Crippen molar-refractivity contribution >= 4 is 17.5 Å². The first-order chi connectivity index (χ1) is 14.2. The fourth-order valence-corrected chi connectivity index (χ4v) is 4.23. The van der Waals surface area contributed by atoms with Gasteiger partial charge in [-0.15, -0.1) is 0 Å². The normalized spacial score (nSPS) is 19.7. The molecule has 2 fully saturated rings. The fraction of sp³-hybridized carbons (Fsp3) is 0.435. The highest BCUT2D eigenvalue weighted by atomic mass is 16.2. The largest absolute Gasteiger partial charge is 0.380 e. The summed E-state index contributed by atoms with van der Waals surface area (Å²) >= 11 is 0. The van der Waals surface area contributed by atoms with E-state index in [1.807, 2.05) is 34.1 Å². The van der Waals surface area contributed by atoms with Gasteiger partial charge in [-0.3, -0.25) is 14.6 Å². The molecule has 0 spiro atoms. The van der Waals surface area contributed by atoms with Gasteiger partial charge >= 0.3 is 0 Å². The third-order valence-corrected chi connectivity index (χ3v) is 5.78. The first-order valence-electron chi connectivity index (χ1n) is 10.6. The van der Waals surface area contributed by atoms with E-state index >= 15 is 0 Å². The number of piperidine rings is 2. The molecule has 29 heavy (non-hydrogen) atoms. The topological polar surface area (TPSA) is 65.5 Å². The number of para-hydroxylation sites is 1. The van der Waals surface area contributed by atoms with Gasteiger partial charge in [-0.1, -0.05) is 12.1 Å². The van der Waals surface area contributed by atoms with Crippen molar-refractivity contribution in [2.24, 2.45) is 0 Å². The van der Waals surface area contributed by atoms with Crippen LogP contribution in [0.3, 0.4) is 0 Å². The van der Waals surface area contributed by atoms with Crippen molar-refractivity contribution in [3.63, 3.8) is 0 Å². The lowest BCUT2D eigenvalue weighted by Gasteiger charge is -2.34. The molecule has 0 radical (unpaired) electrons. The van der Waals surface area contributed by atoms with E-state index in [9.17, 15) is 9.59 Å². The summed E-state index contributed by atoms with van der Waals surface area (Å²) in [7, 11) is 0. The molecule has 1 unspecified atom stereocenters. The summed E-state index contributed by atoms with van der Waals surface area (Å²) in [4.78, 5) is 33.7. The molecule has 0 aliphatic carbocycles. The van der Waals surface area contributed by atoms with Gasteiger partial charge in [0.2, 0.25) is 0 Å². The SMILES string of the molecule is O=C(c1cccnc1)N1CCCC(Nc2ccccc2C(=O)N2CCCCC2)C1. The predicted octanol–water partition coefficient (Wildman–Crippen LogP) is 3.42. The quantitative estimate of drug-likeness (QED) is 0.866. The summed E-state index contributed by atoms with van der Waals surface area (Å²) < 4.78 is 0. The minimum absolute atomic E-state index is 0.0160. The Morgan fingerprint density at radius 2 is 1.69 bits per heavy atom. The van der Waals surface area contributed by atoms with Gasteiger partial charge in [0.25, 0.3) is 11.8 Å². The standard InChI is InChI=1S/C23H28N4O2/c28-22(18-8-6-12-24-16-18)27-15-7-9-19(17-27)25-21-11-3-2-10-20(21)23(29)26-13-4-1-5-14-26/h2-3,6,8,10-12,16,19,25H,1,4-5,7,9,13-15,17H2. The number of hydrogen-bond acceptors (Lipinski definition) is 4. The van der Waals surface area contributed by atoms with Gasteiger partial charge in [0, 0.05) is 50.3 Å². The van der Waals surface area contributed by atoms with Crippen LogP contribution in [0.15, 0.2) is 48.8 Å². The zero-order valence-electron chi connectivity index (χ0n) is 16.7. The van der Waals surface area contributed by atoms with Crippen molar-refractivity contribution < 1.29 is 9.59 Å². The Morgan fingerprint density at radius 1 is 0.897 bits per heavy atom. The van der Waals surface area contributed by atoms with E-state index in [1.54, 1.807) is 24.5 Å². The molecule has 1 aromatic carbocycles. The molecule has 2 amide bonds. The number of carbonyl (C=O) groups excluding carboxylic acids is 2. The van der Waals surface area contributed by atoms with Crippen molar-refractivity contribution in [3.05, 3.63) is 59.9 Å². The summed E-state index contributed by atoms with van der Waals surface area (Å²) in [5.41, 5.74) is 2.21. The average Bonchev–Trinajstić information content (AvgIpc) is 2.80. The number of anilines is 1. The maximum atomic E-state index is 13.0. The molecule has 0 saturated carbocycles. The highest BCUT2D eigenvalue weighted by molar-refractivity contribution is 5.99. The highest BCUT2D eigenvalue weighted by Crippen LogP contribution is 2.23. The molecule has 6 heteroatoms. The van der Waals surface area contributed by atoms with E-state index < -0.39 is 0 Å². The summed E-state index contributed by atoms with van der Waals surface area (Å²) in [6.45, 7) is 3.05. The van der Waals surface area contributed by atoms with E-state index in [4.69, 9.17) is 0 Å². The first kappa shape index (κ1) is 19.4. The van der Waals surface area contributed by atoms with Crippen molar-refractivity contribution in [3.8, 4) is 0 Å². The van der Waals surface area contributed by atoms with E-state index in [0.717, 1.165) is 56.6 Å². The minimum atomic E-state index is 0.0160. The molecule has 2 aromatic rings. The molecule has 6 nitrogen and oxygen atoms in total. The zero-order valence-corrected chi connectivity index (χ0v) is 16.7. The van der Waals surface area contributed by atoms with Crippen LogP contribution in [0.2, 0.25) is 0 Å². The van der Waals surface area contributed by atoms with Crippen LogP contribution in [-0.2, 0) is 0 Å². The lowest BCUT2D eigenvalue weighted by Crippen LogP contribution is -2.45. The minimum Gasteiger partial charge on any atom is -0.380 e. The number of amides is 2. The number of rotatable bonds is 4. The monoisotopic (exact) mass is 392 g/mol. The third-order valence-electron chi connectivity index (χ3n) is 5.78. The molecule has 1 aromatic heterocycles. The molecular formula is C23H28N4O2. The lowest BCUT2D eigenvalue weighted by atomic mass is 10.0. The van der Waals surface area contributed by atoms with Gasteiger partial charge in [0.15, 0.2) is 0 Å². The van der Waals surface area contributed by atoms with Gasteiger partial charge in [-0.25, -0.2) is 0 Å². The second-order valence-corrected chi connectivity index (χ2v) is 7.87. The first-order valence-corrected chi connectivity index (χ1v) is 10.6. The average molecular weight is 393 g/mol. The Morgan fingerprint density at radius 3 is 2.48 bits per heavy atom. The highest BCUT2D eigenvalue weighted by Gasteiger charge is 2.26. The number of likely N-dealkylation sites (tertiary alicyclic amines) is 2. The number of pyridine rings is 1.